The molecule has 2 saturated heterocycles. The zero-order chi connectivity index (χ0) is 19.5. The van der Waals surface area contributed by atoms with Crippen LogP contribution in [0.3, 0.4) is 0 Å². The van der Waals surface area contributed by atoms with Crippen molar-refractivity contribution in [3.05, 3.63) is 42.5 Å². The zero-order valence-electron chi connectivity index (χ0n) is 16.6. The van der Waals surface area contributed by atoms with E-state index in [1.54, 1.807) is 0 Å². The Labute approximate surface area is 170 Å². The van der Waals surface area contributed by atoms with Crippen LogP contribution in [0.15, 0.2) is 47.0 Å². The summed E-state index contributed by atoms with van der Waals surface area (Å²) >= 11 is 0. The first-order valence-electron chi connectivity index (χ1n) is 10.6. The van der Waals surface area contributed by atoms with E-state index >= 15 is 0 Å². The van der Waals surface area contributed by atoms with E-state index in [9.17, 15) is 0 Å². The molecule has 4 heterocycles. The van der Waals surface area contributed by atoms with Gasteiger partial charge in [-0.15, -0.1) is 10.2 Å². The van der Waals surface area contributed by atoms with E-state index in [0.717, 1.165) is 30.5 Å². The van der Waals surface area contributed by atoms with Gasteiger partial charge in [-0.25, -0.2) is 0 Å². The Kier molecular flexibility index (Phi) is 5.21. The summed E-state index contributed by atoms with van der Waals surface area (Å²) in [5.74, 6) is 1.88. The quantitative estimate of drug-likeness (QED) is 0.673. The van der Waals surface area contributed by atoms with Crippen LogP contribution in [0.2, 0.25) is 0 Å². The highest BCUT2D eigenvalue weighted by Crippen LogP contribution is 2.25. The van der Waals surface area contributed by atoms with Gasteiger partial charge in [0.2, 0.25) is 5.82 Å². The molecule has 1 aromatic carbocycles. The molecule has 7 heteroatoms. The SMILES string of the molecule is c1ccc(-c2noc(-c3ccc(N4CCC(N5CCCCC5)CC4)nn3)n2)cc1. The number of benzene rings is 1. The van der Waals surface area contributed by atoms with E-state index in [0.29, 0.717) is 17.4 Å². The molecule has 150 valence electrons. The maximum atomic E-state index is 5.39. The molecule has 0 saturated carbocycles. The van der Waals surface area contributed by atoms with Crippen molar-refractivity contribution in [1.82, 2.24) is 25.2 Å². The van der Waals surface area contributed by atoms with Crippen LogP contribution in [0.1, 0.15) is 32.1 Å². The van der Waals surface area contributed by atoms with Gasteiger partial charge in [0.05, 0.1) is 0 Å². The van der Waals surface area contributed by atoms with E-state index in [-0.39, 0.29) is 0 Å². The van der Waals surface area contributed by atoms with Crippen LogP contribution in [-0.4, -0.2) is 57.5 Å². The Balaban J connectivity index is 1.22. The van der Waals surface area contributed by atoms with E-state index in [1.807, 2.05) is 42.5 Å². The first-order valence-corrected chi connectivity index (χ1v) is 10.6. The Morgan fingerprint density at radius 3 is 2.34 bits per heavy atom. The van der Waals surface area contributed by atoms with Crippen molar-refractivity contribution in [2.24, 2.45) is 0 Å². The molecule has 0 N–H and O–H groups in total. The van der Waals surface area contributed by atoms with Gasteiger partial charge in [-0.05, 0) is 50.9 Å². The Hall–Kier alpha value is -2.80. The van der Waals surface area contributed by atoms with Gasteiger partial charge in [0.25, 0.3) is 5.89 Å². The number of anilines is 1. The van der Waals surface area contributed by atoms with Crippen LogP contribution in [0.25, 0.3) is 23.0 Å². The van der Waals surface area contributed by atoms with Crippen LogP contribution in [-0.2, 0) is 0 Å². The molecule has 0 aliphatic carbocycles. The summed E-state index contributed by atoms with van der Waals surface area (Å²) in [5.41, 5.74) is 1.52. The summed E-state index contributed by atoms with van der Waals surface area (Å²) < 4.78 is 5.39. The van der Waals surface area contributed by atoms with Crippen molar-refractivity contribution < 1.29 is 4.52 Å². The van der Waals surface area contributed by atoms with Gasteiger partial charge in [0.1, 0.15) is 0 Å². The number of piperidine rings is 2. The van der Waals surface area contributed by atoms with Crippen LogP contribution in [0.5, 0.6) is 0 Å². The molecular formula is C22H26N6O. The van der Waals surface area contributed by atoms with E-state index < -0.39 is 0 Å². The van der Waals surface area contributed by atoms with Gasteiger partial charge in [-0.2, -0.15) is 4.98 Å². The van der Waals surface area contributed by atoms with Crippen molar-refractivity contribution in [2.75, 3.05) is 31.1 Å². The Morgan fingerprint density at radius 2 is 1.62 bits per heavy atom. The van der Waals surface area contributed by atoms with Gasteiger partial charge in [-0.1, -0.05) is 41.9 Å². The summed E-state index contributed by atoms with van der Waals surface area (Å²) in [4.78, 5) is 9.48. The molecule has 0 amide bonds. The molecule has 0 radical (unpaired) electrons. The number of nitrogens with zero attached hydrogens (tertiary/aromatic N) is 6. The maximum Gasteiger partial charge on any atom is 0.278 e. The monoisotopic (exact) mass is 390 g/mol. The summed E-state index contributed by atoms with van der Waals surface area (Å²) in [6.07, 6.45) is 6.51. The highest BCUT2D eigenvalue weighted by atomic mass is 16.5. The molecule has 2 fully saturated rings. The lowest BCUT2D eigenvalue weighted by molar-refractivity contribution is 0.141. The van der Waals surface area contributed by atoms with Gasteiger partial charge >= 0.3 is 0 Å². The molecule has 0 spiro atoms. The lowest BCUT2D eigenvalue weighted by Gasteiger charge is -2.40. The fourth-order valence-corrected chi connectivity index (χ4v) is 4.38. The van der Waals surface area contributed by atoms with E-state index in [4.69, 9.17) is 4.52 Å². The smallest absolute Gasteiger partial charge is 0.278 e. The third-order valence-electron chi connectivity index (χ3n) is 6.02. The Bertz CT molecular complexity index is 912. The van der Waals surface area contributed by atoms with Crippen molar-refractivity contribution in [2.45, 2.75) is 38.1 Å². The minimum atomic E-state index is 0.395. The highest BCUT2D eigenvalue weighted by Gasteiger charge is 2.26. The second-order valence-corrected chi connectivity index (χ2v) is 7.88. The average molecular weight is 390 g/mol. The minimum absolute atomic E-state index is 0.395. The van der Waals surface area contributed by atoms with E-state index in [2.05, 4.69) is 30.1 Å². The molecule has 2 aliphatic heterocycles. The summed E-state index contributed by atoms with van der Waals surface area (Å²) in [6, 6.07) is 14.4. The normalized spacial score (nSPS) is 18.8. The van der Waals surface area contributed by atoms with Crippen molar-refractivity contribution in [3.63, 3.8) is 0 Å². The first-order chi connectivity index (χ1) is 14.4. The Morgan fingerprint density at radius 1 is 0.828 bits per heavy atom. The lowest BCUT2D eigenvalue weighted by atomic mass is 10.00. The molecule has 2 aromatic heterocycles. The first kappa shape index (κ1) is 18.2. The van der Waals surface area contributed by atoms with Gasteiger partial charge < -0.3 is 14.3 Å². The molecule has 7 nitrogen and oxygen atoms in total. The molecular weight excluding hydrogens is 364 g/mol. The standard InChI is InChI=1S/C22H26N6O/c1-3-7-17(8-4-1)21-23-22(29-26-21)19-9-10-20(25-24-19)28-15-11-18(12-16-28)27-13-5-2-6-14-27/h1,3-4,7-10,18H,2,5-6,11-16H2. The summed E-state index contributed by atoms with van der Waals surface area (Å²) in [5, 5.41) is 12.8. The second kappa shape index (κ2) is 8.29. The van der Waals surface area contributed by atoms with Crippen molar-refractivity contribution in [1.29, 1.82) is 0 Å². The van der Waals surface area contributed by atoms with Crippen LogP contribution in [0.4, 0.5) is 5.82 Å². The number of rotatable bonds is 4. The molecule has 0 bridgehead atoms. The predicted octanol–water partition coefficient (Wildman–Crippen LogP) is 3.65. The largest absolute Gasteiger partial charge is 0.355 e. The fourth-order valence-electron chi connectivity index (χ4n) is 4.38. The zero-order valence-corrected chi connectivity index (χ0v) is 16.6. The number of hydrogen-bond donors (Lipinski definition) is 0. The number of likely N-dealkylation sites (tertiary alicyclic amines) is 1. The predicted molar refractivity (Wildman–Crippen MR) is 111 cm³/mol. The van der Waals surface area contributed by atoms with Crippen molar-refractivity contribution >= 4 is 5.82 Å². The molecule has 2 aliphatic rings. The van der Waals surface area contributed by atoms with Gasteiger partial charge in [0.15, 0.2) is 11.5 Å². The fraction of sp³-hybridized carbons (Fsp3) is 0.455. The maximum absolute atomic E-state index is 5.39. The van der Waals surface area contributed by atoms with E-state index in [1.165, 1.54) is 45.2 Å². The minimum Gasteiger partial charge on any atom is -0.355 e. The number of hydrogen-bond acceptors (Lipinski definition) is 7. The molecule has 0 atom stereocenters. The van der Waals surface area contributed by atoms with Crippen LogP contribution in [0, 0.1) is 0 Å². The second-order valence-electron chi connectivity index (χ2n) is 7.88. The van der Waals surface area contributed by atoms with Gasteiger partial charge in [-0.3, -0.25) is 0 Å². The molecule has 5 rings (SSSR count). The van der Waals surface area contributed by atoms with Crippen LogP contribution < -0.4 is 4.90 Å². The van der Waals surface area contributed by atoms with Gasteiger partial charge in [0, 0.05) is 24.7 Å². The van der Waals surface area contributed by atoms with Crippen molar-refractivity contribution in [3.8, 4) is 23.0 Å². The average Bonchev–Trinajstić information content (AvgIpc) is 3.31. The number of aromatic nitrogens is 4. The molecule has 0 unspecified atom stereocenters. The van der Waals surface area contributed by atoms with Crippen LogP contribution >= 0.6 is 0 Å². The molecule has 3 aromatic rings. The third kappa shape index (κ3) is 4.00. The lowest BCUT2D eigenvalue weighted by Crippen LogP contribution is -2.47. The topological polar surface area (TPSA) is 71.2 Å². The highest BCUT2D eigenvalue weighted by molar-refractivity contribution is 5.58. The molecule has 29 heavy (non-hydrogen) atoms. The summed E-state index contributed by atoms with van der Waals surface area (Å²) in [6.45, 7) is 4.62. The summed E-state index contributed by atoms with van der Waals surface area (Å²) in [7, 11) is 0. The third-order valence-corrected chi connectivity index (χ3v) is 6.02.